The molecule has 3 aliphatic heterocycles. The molecule has 0 fully saturated rings. The van der Waals surface area contributed by atoms with Gasteiger partial charge < -0.3 is 21.1 Å². The van der Waals surface area contributed by atoms with Crippen molar-refractivity contribution in [1.29, 1.82) is 5.26 Å². The largest absolute Gasteiger partial charge is 0.422 e. The van der Waals surface area contributed by atoms with Crippen molar-refractivity contribution in [2.75, 3.05) is 10.6 Å². The van der Waals surface area contributed by atoms with E-state index >= 15 is 0 Å². The summed E-state index contributed by atoms with van der Waals surface area (Å²) in [6.07, 6.45) is 0. The quantitative estimate of drug-likeness (QED) is 0.645. The lowest BCUT2D eigenvalue weighted by Crippen LogP contribution is -2.45. The molecule has 0 saturated heterocycles. The first-order valence-corrected chi connectivity index (χ1v) is 9.25. The summed E-state index contributed by atoms with van der Waals surface area (Å²) in [7, 11) is 0. The number of rotatable bonds is 0. The molecule has 0 bridgehead atoms. The van der Waals surface area contributed by atoms with Crippen LogP contribution < -0.4 is 16.4 Å². The molecule has 1 atom stereocenters. The molecule has 0 aliphatic carbocycles. The lowest BCUT2D eigenvalue weighted by molar-refractivity contribution is 0.386. The lowest BCUT2D eigenvalue weighted by atomic mass is 9.94. The molecule has 4 N–H and O–H groups in total. The number of nitrogens with one attached hydrogen (secondary N) is 2. The van der Waals surface area contributed by atoms with Crippen LogP contribution in [0.25, 0.3) is 0 Å². The molecule has 132 valence electrons. The van der Waals surface area contributed by atoms with E-state index in [4.69, 9.17) is 15.5 Å². The Hall–Kier alpha value is -3.37. The van der Waals surface area contributed by atoms with E-state index in [2.05, 4.69) is 16.7 Å². The van der Waals surface area contributed by atoms with E-state index in [1.54, 1.807) is 11.8 Å². The molecular formula is C20H15N5OS. The smallest absolute Gasteiger partial charge is 0.230 e. The first kappa shape index (κ1) is 15.9. The van der Waals surface area contributed by atoms with Crippen LogP contribution in [0.2, 0.25) is 0 Å². The van der Waals surface area contributed by atoms with Crippen molar-refractivity contribution in [3.63, 3.8) is 0 Å². The van der Waals surface area contributed by atoms with Gasteiger partial charge in [0, 0.05) is 16.3 Å². The van der Waals surface area contributed by atoms with Gasteiger partial charge in [-0.1, -0.05) is 36.0 Å². The van der Waals surface area contributed by atoms with Crippen molar-refractivity contribution in [2.24, 2.45) is 10.7 Å². The Morgan fingerprint density at radius 3 is 2.67 bits per heavy atom. The van der Waals surface area contributed by atoms with Crippen molar-refractivity contribution in [1.82, 2.24) is 0 Å². The predicted molar refractivity (Wildman–Crippen MR) is 106 cm³/mol. The maximum Gasteiger partial charge on any atom is 0.230 e. The summed E-state index contributed by atoms with van der Waals surface area (Å²) < 4.78 is 5.82. The molecule has 0 amide bonds. The minimum absolute atomic E-state index is 0.0694. The highest BCUT2D eigenvalue weighted by Crippen LogP contribution is 2.56. The number of nitrogens with zero attached hydrogens (tertiary/aromatic N) is 2. The van der Waals surface area contributed by atoms with Crippen molar-refractivity contribution in [3.05, 3.63) is 71.3 Å². The van der Waals surface area contributed by atoms with E-state index < -0.39 is 4.87 Å². The third-order valence-corrected chi connectivity index (χ3v) is 6.16. The molecule has 2 aromatic rings. The number of nitrogens with two attached hydrogens (primary N) is 1. The molecule has 27 heavy (non-hydrogen) atoms. The van der Waals surface area contributed by atoms with Crippen LogP contribution in [0.15, 0.2) is 81.1 Å². The summed E-state index contributed by atoms with van der Waals surface area (Å²) in [5.74, 6) is 0.467. The average molecular weight is 373 g/mol. The molecule has 2 aromatic carbocycles. The summed E-state index contributed by atoms with van der Waals surface area (Å²) in [6, 6.07) is 17.9. The molecular weight excluding hydrogens is 358 g/mol. The molecule has 0 saturated carbocycles. The van der Waals surface area contributed by atoms with Crippen LogP contribution in [0.4, 0.5) is 17.1 Å². The Balaban J connectivity index is 1.78. The van der Waals surface area contributed by atoms with Crippen LogP contribution in [0.5, 0.6) is 0 Å². The second-order valence-corrected chi connectivity index (χ2v) is 7.67. The maximum absolute atomic E-state index is 9.88. The van der Waals surface area contributed by atoms with E-state index in [1.165, 1.54) is 0 Å². The normalized spacial score (nSPS) is 22.4. The van der Waals surface area contributed by atoms with E-state index in [9.17, 15) is 5.26 Å². The van der Waals surface area contributed by atoms with E-state index in [0.717, 1.165) is 33.2 Å². The molecule has 3 heterocycles. The minimum Gasteiger partial charge on any atom is -0.422 e. The Bertz CT molecular complexity index is 1100. The fourth-order valence-corrected chi connectivity index (χ4v) is 5.07. The second-order valence-electron chi connectivity index (χ2n) is 6.42. The number of aliphatic imine (C=N–C) groups is 1. The van der Waals surface area contributed by atoms with Gasteiger partial charge in [-0.25, -0.2) is 4.99 Å². The number of para-hydroxylation sites is 3. The summed E-state index contributed by atoms with van der Waals surface area (Å²) in [4.78, 5) is 4.86. The fraction of sp³-hybridized carbons (Fsp3) is 0.100. The van der Waals surface area contributed by atoms with Crippen LogP contribution in [-0.2, 0) is 4.74 Å². The number of hydrogen-bond acceptors (Lipinski definition) is 7. The van der Waals surface area contributed by atoms with Gasteiger partial charge in [0.15, 0.2) is 4.87 Å². The highest BCUT2D eigenvalue weighted by molar-refractivity contribution is 8.01. The number of hydrogen-bond donors (Lipinski definition) is 3. The molecule has 7 heteroatoms. The van der Waals surface area contributed by atoms with Gasteiger partial charge in [-0.05, 0) is 31.2 Å². The molecule has 6 nitrogen and oxygen atoms in total. The topological polar surface area (TPSA) is 95.5 Å². The molecule has 1 unspecified atom stereocenters. The first-order chi connectivity index (χ1) is 13.1. The SMILES string of the molecule is CC1=C2C(=Nc3ccccc3N1)OC(N)=C(C#N)C21Nc2ccccc2S1. The number of fused-ring (bicyclic) bond motifs is 4. The lowest BCUT2D eigenvalue weighted by Gasteiger charge is -2.36. The molecule has 0 radical (unpaired) electrons. The average Bonchev–Trinajstić information content (AvgIpc) is 2.94. The van der Waals surface area contributed by atoms with Gasteiger partial charge >= 0.3 is 0 Å². The van der Waals surface area contributed by atoms with E-state index in [1.807, 2.05) is 55.5 Å². The zero-order valence-corrected chi connectivity index (χ0v) is 15.2. The first-order valence-electron chi connectivity index (χ1n) is 8.43. The van der Waals surface area contributed by atoms with Crippen molar-refractivity contribution < 1.29 is 4.74 Å². The van der Waals surface area contributed by atoms with Gasteiger partial charge in [-0.15, -0.1) is 0 Å². The summed E-state index contributed by atoms with van der Waals surface area (Å²) >= 11 is 1.54. The van der Waals surface area contributed by atoms with Gasteiger partial charge in [-0.2, -0.15) is 5.26 Å². The number of benzene rings is 2. The Labute approximate surface area is 160 Å². The molecule has 1 spiro atoms. The Kier molecular flexibility index (Phi) is 3.27. The number of thioether (sulfide) groups is 1. The minimum atomic E-state index is -0.890. The maximum atomic E-state index is 9.88. The predicted octanol–water partition coefficient (Wildman–Crippen LogP) is 4.05. The van der Waals surface area contributed by atoms with Gasteiger partial charge in [0.25, 0.3) is 0 Å². The molecule has 3 aliphatic rings. The fourth-order valence-electron chi connectivity index (χ4n) is 3.61. The molecule has 5 rings (SSSR count). The zero-order chi connectivity index (χ0) is 18.6. The number of anilines is 2. The Morgan fingerprint density at radius 2 is 1.89 bits per heavy atom. The van der Waals surface area contributed by atoms with Crippen molar-refractivity contribution in [2.45, 2.75) is 16.7 Å². The van der Waals surface area contributed by atoms with Crippen LogP contribution in [0, 0.1) is 11.3 Å². The van der Waals surface area contributed by atoms with Gasteiger partial charge in [0.2, 0.25) is 11.8 Å². The summed E-state index contributed by atoms with van der Waals surface area (Å²) in [5.41, 5.74) is 10.7. The van der Waals surface area contributed by atoms with Gasteiger partial charge in [0.1, 0.15) is 11.6 Å². The number of nitriles is 1. The van der Waals surface area contributed by atoms with Crippen LogP contribution in [-0.4, -0.2) is 10.8 Å². The Morgan fingerprint density at radius 1 is 1.15 bits per heavy atom. The van der Waals surface area contributed by atoms with E-state index in [0.29, 0.717) is 11.5 Å². The van der Waals surface area contributed by atoms with Crippen molar-refractivity contribution >= 4 is 34.7 Å². The monoisotopic (exact) mass is 373 g/mol. The van der Waals surface area contributed by atoms with Crippen molar-refractivity contribution in [3.8, 4) is 6.07 Å². The highest BCUT2D eigenvalue weighted by atomic mass is 32.2. The zero-order valence-electron chi connectivity index (χ0n) is 14.4. The molecule has 0 aromatic heterocycles. The third-order valence-electron chi connectivity index (χ3n) is 4.77. The van der Waals surface area contributed by atoms with Crippen LogP contribution in [0.3, 0.4) is 0 Å². The highest BCUT2D eigenvalue weighted by Gasteiger charge is 2.53. The summed E-state index contributed by atoms with van der Waals surface area (Å²) in [5, 5.41) is 16.8. The van der Waals surface area contributed by atoms with Crippen LogP contribution >= 0.6 is 11.8 Å². The third kappa shape index (κ3) is 2.17. The van der Waals surface area contributed by atoms with Crippen LogP contribution in [0.1, 0.15) is 6.92 Å². The van der Waals surface area contributed by atoms with Gasteiger partial charge in [0.05, 0.1) is 16.9 Å². The standard InChI is InChI=1S/C20H15N5OS/c1-11-17-19(24-14-7-3-2-6-13(14)23-11)26-18(22)12(10-21)20(17)25-15-8-4-5-9-16(15)27-20/h2-9,23,25H,22H2,1H3. The number of allylic oxidation sites excluding steroid dienone is 1. The summed E-state index contributed by atoms with van der Waals surface area (Å²) in [6.45, 7) is 1.96. The second kappa shape index (κ2) is 5.56. The van der Waals surface area contributed by atoms with E-state index in [-0.39, 0.29) is 5.88 Å². The number of ether oxygens (including phenoxy) is 1. The van der Waals surface area contributed by atoms with Gasteiger partial charge in [-0.3, -0.25) is 0 Å².